The van der Waals surface area contributed by atoms with E-state index in [1.54, 1.807) is 0 Å². The molecule has 0 amide bonds. The number of amidine groups is 1. The summed E-state index contributed by atoms with van der Waals surface area (Å²) in [7, 11) is 0. The number of nitrogens with one attached hydrogen (secondary N) is 2. The third kappa shape index (κ3) is 11.3. The fourth-order valence-electron chi connectivity index (χ4n) is 7.28. The van der Waals surface area contributed by atoms with Crippen LogP contribution in [0.5, 0.6) is 0 Å². The number of allylic oxidation sites excluding steroid dienone is 14. The van der Waals surface area contributed by atoms with Crippen LogP contribution < -0.4 is 16.4 Å². The monoisotopic (exact) mass is 717 g/mol. The Morgan fingerprint density at radius 1 is 0.889 bits per heavy atom. The van der Waals surface area contributed by atoms with Crippen LogP contribution in [0.15, 0.2) is 165 Å². The molecule has 54 heavy (non-hydrogen) atoms. The molecule has 0 saturated carbocycles. The van der Waals surface area contributed by atoms with Crippen molar-refractivity contribution >= 4 is 17.1 Å². The molecule has 280 valence electrons. The van der Waals surface area contributed by atoms with Crippen LogP contribution in [-0.4, -0.2) is 23.8 Å². The molecule has 0 aliphatic heterocycles. The Morgan fingerprint density at radius 3 is 2.50 bits per heavy atom. The van der Waals surface area contributed by atoms with Gasteiger partial charge in [-0.05, 0) is 117 Å². The molecule has 2 aromatic carbocycles. The SMILES string of the molecule is CCC/C=C(\C)C[C@@H](C)NC(N=C(C)c1cccc(C2=CCCCC(C(N=C(N)C3=CCC(C4=CCCC=C4)=CC=C3)NC3=CC3)=C2)c1)c1ccccc1. The Balaban J connectivity index is 1.22. The third-order valence-corrected chi connectivity index (χ3v) is 10.4. The number of nitrogens with zero attached hydrogens (tertiary/aromatic N) is 2. The molecular weight excluding hydrogens is 659 g/mol. The highest BCUT2D eigenvalue weighted by Crippen LogP contribution is 2.30. The van der Waals surface area contributed by atoms with Gasteiger partial charge in [0.05, 0.1) is 0 Å². The molecule has 0 bridgehead atoms. The first-order valence-corrected chi connectivity index (χ1v) is 20.1. The number of nitrogens with two attached hydrogens (primary N) is 1. The second kappa shape index (κ2) is 19.4. The summed E-state index contributed by atoms with van der Waals surface area (Å²) in [6.45, 7) is 8.87. The highest BCUT2D eigenvalue weighted by Gasteiger charge is 2.21. The van der Waals surface area contributed by atoms with Crippen LogP contribution in [0.4, 0.5) is 0 Å². The summed E-state index contributed by atoms with van der Waals surface area (Å²) in [5, 5.41) is 7.52. The zero-order valence-electron chi connectivity index (χ0n) is 32.8. The summed E-state index contributed by atoms with van der Waals surface area (Å²) < 4.78 is 0. The maximum atomic E-state index is 6.79. The lowest BCUT2D eigenvalue weighted by atomic mass is 9.97. The lowest BCUT2D eigenvalue weighted by Crippen LogP contribution is -2.30. The quantitative estimate of drug-likeness (QED) is 0.0919. The summed E-state index contributed by atoms with van der Waals surface area (Å²) >= 11 is 0. The van der Waals surface area contributed by atoms with Gasteiger partial charge in [-0.2, -0.15) is 0 Å². The second-order valence-corrected chi connectivity index (χ2v) is 15.0. The maximum absolute atomic E-state index is 6.79. The largest absolute Gasteiger partial charge is 0.383 e. The average Bonchev–Trinajstić information content (AvgIpc) is 4.06. The number of hydrogen-bond acceptors (Lipinski definition) is 4. The summed E-state index contributed by atoms with van der Waals surface area (Å²) in [4.78, 5) is 10.5. The van der Waals surface area contributed by atoms with Gasteiger partial charge in [0.25, 0.3) is 0 Å². The van der Waals surface area contributed by atoms with Gasteiger partial charge >= 0.3 is 0 Å². The predicted molar refractivity (Wildman–Crippen MR) is 231 cm³/mol. The maximum Gasteiger partial charge on any atom is 0.143 e. The number of unbranched alkanes of at least 4 members (excludes halogenated alkanes) is 1. The standard InChI is InChI=1S/C49H59N5/c1-5-6-17-35(2)32-36(3)51-48(41-20-11-8-12-21-41)52-37(4)42-26-16-27-44(33-42)43-22-13-14-23-45(34-43)49(53-46-30-31-46)54-47(50)40-25-15-24-39(28-29-40)38-18-9-7-10-19-38/h8-9,11-12,15-22,24-27,29-30,33-34,36,48-49,51,53H,5-7,10,13-14,23,28,31-32H2,1-4H3,(H2,50,54)/b35-17+,52-37?/t36-,48?,49?/m1/s1. The van der Waals surface area contributed by atoms with Crippen molar-refractivity contribution in [1.29, 1.82) is 0 Å². The van der Waals surface area contributed by atoms with E-state index in [4.69, 9.17) is 15.7 Å². The van der Waals surface area contributed by atoms with Crippen molar-refractivity contribution in [3.8, 4) is 0 Å². The molecule has 5 nitrogen and oxygen atoms in total. The molecule has 0 spiro atoms. The Bertz CT molecular complexity index is 1970. The number of aliphatic imine (C=N–C) groups is 2. The first-order valence-electron chi connectivity index (χ1n) is 20.1. The molecule has 4 aliphatic carbocycles. The van der Waals surface area contributed by atoms with Crippen molar-refractivity contribution in [2.45, 2.75) is 110 Å². The van der Waals surface area contributed by atoms with Crippen LogP contribution in [-0.2, 0) is 0 Å². The lowest BCUT2D eigenvalue weighted by molar-refractivity contribution is 0.463. The summed E-state index contributed by atoms with van der Waals surface area (Å²) in [5.74, 6) is 0.570. The summed E-state index contributed by atoms with van der Waals surface area (Å²) in [6, 6.07) is 19.7. The third-order valence-electron chi connectivity index (χ3n) is 10.4. The van der Waals surface area contributed by atoms with E-state index in [-0.39, 0.29) is 18.4 Å². The van der Waals surface area contributed by atoms with Crippen molar-refractivity contribution in [2.24, 2.45) is 15.7 Å². The molecule has 6 rings (SSSR count). The van der Waals surface area contributed by atoms with Crippen LogP contribution in [0.2, 0.25) is 0 Å². The number of rotatable bonds is 16. The van der Waals surface area contributed by atoms with E-state index in [1.807, 2.05) is 0 Å². The molecule has 0 aromatic heterocycles. The summed E-state index contributed by atoms with van der Waals surface area (Å²) in [6.07, 6.45) is 34.8. The van der Waals surface area contributed by atoms with Gasteiger partial charge in [0.1, 0.15) is 18.2 Å². The van der Waals surface area contributed by atoms with Crippen LogP contribution in [0.1, 0.15) is 115 Å². The zero-order chi connectivity index (χ0) is 37.7. The minimum atomic E-state index is -0.221. The molecule has 0 heterocycles. The minimum absolute atomic E-state index is 0.138. The molecule has 0 fully saturated rings. The van der Waals surface area contributed by atoms with Crippen molar-refractivity contribution in [2.75, 3.05) is 0 Å². The molecule has 2 aromatic rings. The van der Waals surface area contributed by atoms with E-state index in [0.717, 1.165) is 74.6 Å². The first-order chi connectivity index (χ1) is 26.4. The zero-order valence-corrected chi connectivity index (χ0v) is 32.8. The van der Waals surface area contributed by atoms with E-state index in [1.165, 1.54) is 51.1 Å². The molecule has 4 aliphatic rings. The molecule has 0 saturated heterocycles. The number of hydrogen-bond donors (Lipinski definition) is 3. The van der Waals surface area contributed by atoms with Gasteiger partial charge in [0, 0.05) is 29.4 Å². The Hall–Kier alpha value is -5.00. The van der Waals surface area contributed by atoms with Crippen LogP contribution >= 0.6 is 0 Å². The highest BCUT2D eigenvalue weighted by atomic mass is 15.1. The Labute approximate surface area is 324 Å². The van der Waals surface area contributed by atoms with Gasteiger partial charge < -0.3 is 11.1 Å². The fraction of sp³-hybridized carbons (Fsp3) is 0.347. The van der Waals surface area contributed by atoms with Crippen LogP contribution in [0.3, 0.4) is 0 Å². The van der Waals surface area contributed by atoms with Gasteiger partial charge in [-0.1, -0.05) is 134 Å². The van der Waals surface area contributed by atoms with Gasteiger partial charge in [-0.25, -0.2) is 4.99 Å². The number of benzene rings is 2. The van der Waals surface area contributed by atoms with Gasteiger partial charge in [-0.3, -0.25) is 10.3 Å². The van der Waals surface area contributed by atoms with Crippen LogP contribution in [0, 0.1) is 0 Å². The van der Waals surface area contributed by atoms with Crippen LogP contribution in [0.25, 0.3) is 5.57 Å². The molecular formula is C49H59N5. The van der Waals surface area contributed by atoms with E-state index in [0.29, 0.717) is 5.84 Å². The normalized spacial score (nSPS) is 19.6. The highest BCUT2D eigenvalue weighted by molar-refractivity contribution is 6.00. The minimum Gasteiger partial charge on any atom is -0.383 e. The first kappa shape index (κ1) is 38.7. The van der Waals surface area contributed by atoms with E-state index in [9.17, 15) is 0 Å². The second-order valence-electron chi connectivity index (χ2n) is 15.0. The van der Waals surface area contributed by atoms with Crippen molar-refractivity contribution < 1.29 is 0 Å². The molecule has 4 N–H and O–H groups in total. The average molecular weight is 718 g/mol. The molecule has 2 unspecified atom stereocenters. The predicted octanol–water partition coefficient (Wildman–Crippen LogP) is 11.5. The van der Waals surface area contributed by atoms with Crippen molar-refractivity contribution in [1.82, 2.24) is 10.6 Å². The lowest BCUT2D eigenvalue weighted by Gasteiger charge is -2.22. The van der Waals surface area contributed by atoms with Crippen molar-refractivity contribution in [3.05, 3.63) is 172 Å². The fourth-order valence-corrected chi connectivity index (χ4v) is 7.28. The van der Waals surface area contributed by atoms with E-state index >= 15 is 0 Å². The molecule has 5 heteroatoms. The molecule has 3 atom stereocenters. The topological polar surface area (TPSA) is 74.8 Å². The smallest absolute Gasteiger partial charge is 0.143 e. The van der Waals surface area contributed by atoms with E-state index in [2.05, 4.69) is 160 Å². The van der Waals surface area contributed by atoms with Crippen molar-refractivity contribution in [3.63, 3.8) is 0 Å². The Kier molecular flexibility index (Phi) is 13.9. The Morgan fingerprint density at radius 2 is 1.72 bits per heavy atom. The van der Waals surface area contributed by atoms with Gasteiger partial charge in [0.15, 0.2) is 0 Å². The van der Waals surface area contributed by atoms with Gasteiger partial charge in [0.2, 0.25) is 0 Å². The van der Waals surface area contributed by atoms with E-state index < -0.39 is 0 Å². The summed E-state index contributed by atoms with van der Waals surface area (Å²) in [5.41, 5.74) is 20.0. The van der Waals surface area contributed by atoms with Gasteiger partial charge in [-0.15, -0.1) is 0 Å². The molecule has 0 radical (unpaired) electrons.